The minimum absolute atomic E-state index is 0.105. The predicted octanol–water partition coefficient (Wildman–Crippen LogP) is 0.703. The van der Waals surface area contributed by atoms with Crippen LogP contribution in [0, 0.1) is 5.92 Å². The average molecular weight is 419 g/mol. The van der Waals surface area contributed by atoms with E-state index in [1.807, 2.05) is 4.90 Å². The normalized spacial score (nSPS) is 20.2. The fourth-order valence-electron chi connectivity index (χ4n) is 4.07. The molecule has 0 saturated carbocycles. The SMILES string of the molecule is CN1CCN(C(=O)C2CCN(S(=O)(=O)c3ccc4[nH]c(=O)ccc4c3)CC2)CC1. The van der Waals surface area contributed by atoms with Crippen molar-refractivity contribution in [1.29, 1.82) is 0 Å². The Balaban J connectivity index is 1.44. The number of fused-ring (bicyclic) bond motifs is 1. The molecule has 9 heteroatoms. The molecule has 0 unspecified atom stereocenters. The van der Waals surface area contributed by atoms with Crippen molar-refractivity contribution in [3.8, 4) is 0 Å². The van der Waals surface area contributed by atoms with Gasteiger partial charge in [-0.05, 0) is 49.5 Å². The van der Waals surface area contributed by atoms with Gasteiger partial charge in [0.25, 0.3) is 0 Å². The molecule has 2 saturated heterocycles. The summed E-state index contributed by atoms with van der Waals surface area (Å²) in [6.07, 6.45) is 1.09. The molecule has 0 spiro atoms. The van der Waals surface area contributed by atoms with Gasteiger partial charge in [0.2, 0.25) is 21.5 Å². The van der Waals surface area contributed by atoms with E-state index in [9.17, 15) is 18.0 Å². The first-order valence-corrected chi connectivity index (χ1v) is 11.4. The number of pyridine rings is 1. The Morgan fingerprint density at radius 1 is 1.00 bits per heavy atom. The van der Waals surface area contributed by atoms with E-state index in [2.05, 4.69) is 16.9 Å². The number of nitrogens with one attached hydrogen (secondary N) is 1. The summed E-state index contributed by atoms with van der Waals surface area (Å²) >= 11 is 0. The third-order valence-electron chi connectivity index (χ3n) is 5.95. The van der Waals surface area contributed by atoms with Gasteiger partial charge in [0.1, 0.15) is 0 Å². The van der Waals surface area contributed by atoms with Gasteiger partial charge < -0.3 is 14.8 Å². The maximum absolute atomic E-state index is 13.1. The van der Waals surface area contributed by atoms with Crippen LogP contribution in [0.5, 0.6) is 0 Å². The minimum Gasteiger partial charge on any atom is -0.340 e. The van der Waals surface area contributed by atoms with Gasteiger partial charge in [-0.3, -0.25) is 9.59 Å². The van der Waals surface area contributed by atoms with Crippen LogP contribution in [0.1, 0.15) is 12.8 Å². The molecule has 2 aromatic rings. The molecule has 1 aromatic heterocycles. The number of carbonyl (C=O) groups is 1. The maximum Gasteiger partial charge on any atom is 0.248 e. The summed E-state index contributed by atoms with van der Waals surface area (Å²) in [5.41, 5.74) is 0.383. The third-order valence-corrected chi connectivity index (χ3v) is 7.85. The molecule has 156 valence electrons. The topological polar surface area (TPSA) is 93.8 Å². The summed E-state index contributed by atoms with van der Waals surface area (Å²) in [6, 6.07) is 7.73. The summed E-state index contributed by atoms with van der Waals surface area (Å²) in [5.74, 6) is 0.0522. The molecule has 2 fully saturated rings. The van der Waals surface area contributed by atoms with Crippen molar-refractivity contribution in [2.24, 2.45) is 5.92 Å². The number of aromatic nitrogens is 1. The zero-order valence-corrected chi connectivity index (χ0v) is 17.3. The van der Waals surface area contributed by atoms with Crippen LogP contribution in [-0.2, 0) is 14.8 Å². The zero-order chi connectivity index (χ0) is 20.6. The van der Waals surface area contributed by atoms with Gasteiger partial charge >= 0.3 is 0 Å². The van der Waals surface area contributed by atoms with Gasteiger partial charge in [-0.2, -0.15) is 4.31 Å². The lowest BCUT2D eigenvalue weighted by molar-refractivity contribution is -0.138. The quantitative estimate of drug-likeness (QED) is 0.792. The number of hydrogen-bond acceptors (Lipinski definition) is 5. The van der Waals surface area contributed by atoms with E-state index in [4.69, 9.17) is 0 Å². The molecule has 0 aliphatic carbocycles. The second-order valence-corrected chi connectivity index (χ2v) is 9.82. The predicted molar refractivity (Wildman–Crippen MR) is 110 cm³/mol. The minimum atomic E-state index is -3.64. The monoisotopic (exact) mass is 418 g/mol. The largest absolute Gasteiger partial charge is 0.340 e. The standard InChI is InChI=1S/C20H26N4O4S/c1-22-10-12-23(13-11-22)20(26)15-6-8-24(9-7-15)29(27,28)17-3-4-18-16(14-17)2-5-19(25)21-18/h2-5,14-15H,6-13H2,1H3,(H,21,25). The van der Waals surface area contributed by atoms with Crippen molar-refractivity contribution in [3.63, 3.8) is 0 Å². The summed E-state index contributed by atoms with van der Waals surface area (Å²) in [5, 5.41) is 0.672. The highest BCUT2D eigenvalue weighted by Crippen LogP contribution is 2.26. The lowest BCUT2D eigenvalue weighted by atomic mass is 9.96. The number of piperidine rings is 1. The van der Waals surface area contributed by atoms with E-state index in [1.165, 1.54) is 16.4 Å². The van der Waals surface area contributed by atoms with E-state index in [1.54, 1.807) is 18.2 Å². The molecule has 8 nitrogen and oxygen atoms in total. The lowest BCUT2D eigenvalue weighted by Crippen LogP contribution is -2.50. The van der Waals surface area contributed by atoms with E-state index < -0.39 is 10.0 Å². The number of H-pyrrole nitrogens is 1. The molecule has 4 rings (SSSR count). The van der Waals surface area contributed by atoms with Crippen molar-refractivity contribution in [1.82, 2.24) is 19.1 Å². The number of likely N-dealkylation sites (N-methyl/N-ethyl adjacent to an activating group) is 1. The van der Waals surface area contributed by atoms with Crippen molar-refractivity contribution >= 4 is 26.8 Å². The number of aromatic amines is 1. The second-order valence-electron chi connectivity index (χ2n) is 7.88. The van der Waals surface area contributed by atoms with Gasteiger partial charge in [-0.25, -0.2) is 8.42 Å². The summed E-state index contributed by atoms with van der Waals surface area (Å²) in [7, 11) is -1.58. The maximum atomic E-state index is 13.1. The fourth-order valence-corrected chi connectivity index (χ4v) is 5.58. The van der Waals surface area contributed by atoms with Crippen molar-refractivity contribution in [2.75, 3.05) is 46.3 Å². The first kappa shape index (κ1) is 20.1. The second kappa shape index (κ2) is 7.89. The van der Waals surface area contributed by atoms with Crippen LogP contribution in [-0.4, -0.2) is 79.7 Å². The Morgan fingerprint density at radius 2 is 1.69 bits per heavy atom. The van der Waals surface area contributed by atoms with Crippen LogP contribution in [0.4, 0.5) is 0 Å². The number of carbonyl (C=O) groups excluding carboxylic acids is 1. The molecule has 0 radical (unpaired) electrons. The van der Waals surface area contributed by atoms with Crippen LogP contribution < -0.4 is 5.56 Å². The zero-order valence-electron chi connectivity index (χ0n) is 16.5. The molecule has 1 amide bonds. The molecular weight excluding hydrogens is 392 g/mol. The summed E-state index contributed by atoms with van der Waals surface area (Å²) < 4.78 is 27.6. The highest BCUT2D eigenvalue weighted by atomic mass is 32.2. The van der Waals surface area contributed by atoms with Gasteiger partial charge in [-0.1, -0.05) is 0 Å². The Hall–Kier alpha value is -2.23. The molecule has 0 atom stereocenters. The van der Waals surface area contributed by atoms with Crippen molar-refractivity contribution < 1.29 is 13.2 Å². The Kier molecular flexibility index (Phi) is 5.46. The van der Waals surface area contributed by atoms with Crippen LogP contribution in [0.2, 0.25) is 0 Å². The molecular formula is C20H26N4O4S. The van der Waals surface area contributed by atoms with Crippen molar-refractivity contribution in [3.05, 3.63) is 40.7 Å². The molecule has 3 heterocycles. The first-order chi connectivity index (χ1) is 13.8. The fraction of sp³-hybridized carbons (Fsp3) is 0.500. The Labute approximate surface area is 170 Å². The Morgan fingerprint density at radius 3 is 2.38 bits per heavy atom. The van der Waals surface area contributed by atoms with Crippen LogP contribution >= 0.6 is 0 Å². The number of amides is 1. The van der Waals surface area contributed by atoms with Gasteiger partial charge in [0.15, 0.2) is 0 Å². The molecule has 0 bridgehead atoms. The number of hydrogen-bond donors (Lipinski definition) is 1. The third kappa shape index (κ3) is 4.08. The number of sulfonamides is 1. The number of benzene rings is 1. The van der Waals surface area contributed by atoms with Crippen molar-refractivity contribution in [2.45, 2.75) is 17.7 Å². The highest BCUT2D eigenvalue weighted by Gasteiger charge is 2.34. The highest BCUT2D eigenvalue weighted by molar-refractivity contribution is 7.89. The van der Waals surface area contributed by atoms with E-state index in [-0.39, 0.29) is 22.3 Å². The van der Waals surface area contributed by atoms with Crippen LogP contribution in [0.3, 0.4) is 0 Å². The molecule has 2 aliphatic heterocycles. The van der Waals surface area contributed by atoms with Gasteiger partial charge in [0, 0.05) is 56.8 Å². The average Bonchev–Trinajstić information content (AvgIpc) is 2.73. The number of rotatable bonds is 3. The van der Waals surface area contributed by atoms with Gasteiger partial charge in [-0.15, -0.1) is 0 Å². The van der Waals surface area contributed by atoms with Gasteiger partial charge in [0.05, 0.1) is 4.90 Å². The molecule has 2 aliphatic rings. The number of piperazine rings is 1. The summed E-state index contributed by atoms with van der Waals surface area (Å²) in [6.45, 7) is 3.94. The summed E-state index contributed by atoms with van der Waals surface area (Å²) in [4.78, 5) is 31.2. The lowest BCUT2D eigenvalue weighted by Gasteiger charge is -2.37. The molecule has 29 heavy (non-hydrogen) atoms. The van der Waals surface area contributed by atoms with E-state index in [0.717, 1.165) is 26.2 Å². The van der Waals surface area contributed by atoms with E-state index in [0.29, 0.717) is 36.8 Å². The molecule has 1 aromatic carbocycles. The van der Waals surface area contributed by atoms with E-state index >= 15 is 0 Å². The molecule has 1 N–H and O–H groups in total. The number of nitrogens with zero attached hydrogens (tertiary/aromatic N) is 3. The first-order valence-electron chi connectivity index (χ1n) is 9.95. The Bertz CT molecular complexity index is 1070. The van der Waals surface area contributed by atoms with Crippen LogP contribution in [0.15, 0.2) is 40.0 Å². The van der Waals surface area contributed by atoms with Crippen LogP contribution in [0.25, 0.3) is 10.9 Å². The smallest absolute Gasteiger partial charge is 0.248 e.